The minimum atomic E-state index is -1.74. The van der Waals surface area contributed by atoms with E-state index in [1.54, 1.807) is 0 Å². The highest BCUT2D eigenvalue weighted by Gasteiger charge is 2.17. The van der Waals surface area contributed by atoms with Gasteiger partial charge in [-0.25, -0.2) is 9.59 Å². The fourth-order valence-corrected chi connectivity index (χ4v) is 2.28. The molecule has 5 nitrogen and oxygen atoms in total. The molecule has 0 aromatic rings. The van der Waals surface area contributed by atoms with Gasteiger partial charge in [0, 0.05) is 6.42 Å². The van der Waals surface area contributed by atoms with Crippen molar-refractivity contribution < 1.29 is 24.2 Å². The van der Waals surface area contributed by atoms with Crippen LogP contribution in [0.4, 0.5) is 0 Å². The molecule has 0 unspecified atom stereocenters. The minimum absolute atomic E-state index is 0.0868. The third kappa shape index (κ3) is 16.7. The van der Waals surface area contributed by atoms with Crippen molar-refractivity contribution in [1.82, 2.24) is 0 Å². The molecular weight excluding hydrogens is 320 g/mol. The van der Waals surface area contributed by atoms with Crippen molar-refractivity contribution in [1.29, 1.82) is 0 Å². The Hall–Kier alpha value is -1.91. The van der Waals surface area contributed by atoms with Crippen LogP contribution in [0, 0.1) is 0 Å². The number of carbonyl (C=O) groups is 3. The van der Waals surface area contributed by atoms with E-state index in [4.69, 9.17) is 5.11 Å². The summed E-state index contributed by atoms with van der Waals surface area (Å²) in [4.78, 5) is 32.0. The Morgan fingerprint density at radius 1 is 0.800 bits per heavy atom. The Balaban J connectivity index is 3.38. The lowest BCUT2D eigenvalue weighted by atomic mass is 10.1. The molecule has 0 fully saturated rings. The zero-order chi connectivity index (χ0) is 18.8. The van der Waals surface area contributed by atoms with Gasteiger partial charge in [0.05, 0.1) is 0 Å². The van der Waals surface area contributed by atoms with Gasteiger partial charge in [0.25, 0.3) is 0 Å². The number of rotatable bonds is 14. The van der Waals surface area contributed by atoms with Gasteiger partial charge in [-0.2, -0.15) is 0 Å². The van der Waals surface area contributed by atoms with Crippen LogP contribution in [0.3, 0.4) is 0 Å². The Morgan fingerprint density at radius 2 is 1.36 bits per heavy atom. The topological polar surface area (TPSA) is 80.7 Å². The maximum atomic E-state index is 11.2. The maximum absolute atomic E-state index is 11.2. The molecule has 0 radical (unpaired) electrons. The van der Waals surface area contributed by atoms with E-state index in [2.05, 4.69) is 36.0 Å². The van der Waals surface area contributed by atoms with E-state index >= 15 is 0 Å². The van der Waals surface area contributed by atoms with E-state index in [0.717, 1.165) is 38.5 Å². The van der Waals surface area contributed by atoms with Crippen LogP contribution >= 0.6 is 0 Å². The van der Waals surface area contributed by atoms with E-state index in [1.807, 2.05) is 0 Å². The lowest BCUT2D eigenvalue weighted by Gasteiger charge is -2.01. The van der Waals surface area contributed by atoms with Gasteiger partial charge in [-0.05, 0) is 38.5 Å². The highest BCUT2D eigenvalue weighted by molar-refractivity contribution is 6.30. The predicted molar refractivity (Wildman–Crippen MR) is 98.1 cm³/mol. The second kappa shape index (κ2) is 16.9. The number of aliphatic carboxylic acids is 1. The molecule has 0 aromatic carbocycles. The van der Waals surface area contributed by atoms with Crippen LogP contribution in [0.25, 0.3) is 0 Å². The summed E-state index contributed by atoms with van der Waals surface area (Å²) < 4.78 is 4.14. The molecule has 5 heteroatoms. The van der Waals surface area contributed by atoms with Gasteiger partial charge < -0.3 is 9.84 Å². The summed E-state index contributed by atoms with van der Waals surface area (Å²) in [6.45, 7) is 2.21. The molecule has 0 atom stereocenters. The monoisotopic (exact) mass is 352 g/mol. The first-order chi connectivity index (χ1) is 12.1. The third-order valence-electron chi connectivity index (χ3n) is 3.71. The molecule has 0 amide bonds. The zero-order valence-corrected chi connectivity index (χ0v) is 15.4. The van der Waals surface area contributed by atoms with Crippen LogP contribution < -0.4 is 0 Å². The molecule has 0 spiro atoms. The van der Waals surface area contributed by atoms with Gasteiger partial charge in [0.1, 0.15) is 0 Å². The van der Waals surface area contributed by atoms with E-state index in [0.29, 0.717) is 6.42 Å². The second-order valence-corrected chi connectivity index (χ2v) is 6.05. The van der Waals surface area contributed by atoms with Crippen molar-refractivity contribution in [3.05, 3.63) is 24.3 Å². The summed E-state index contributed by atoms with van der Waals surface area (Å²) >= 11 is 0. The molecule has 0 bridgehead atoms. The quantitative estimate of drug-likeness (QED) is 0.157. The number of allylic oxidation sites excluding steroid dienone is 4. The number of carboxylic acids is 1. The Kier molecular flexibility index (Phi) is 15.6. The van der Waals surface area contributed by atoms with Crippen LogP contribution in [0.5, 0.6) is 0 Å². The number of unbranched alkanes of at least 4 members (excludes halogenated alkanes) is 8. The number of esters is 2. The third-order valence-corrected chi connectivity index (χ3v) is 3.71. The van der Waals surface area contributed by atoms with E-state index in [9.17, 15) is 14.4 Å². The molecule has 25 heavy (non-hydrogen) atoms. The molecule has 0 aliphatic carbocycles. The molecule has 0 aliphatic heterocycles. The van der Waals surface area contributed by atoms with Crippen molar-refractivity contribution in [3.63, 3.8) is 0 Å². The van der Waals surface area contributed by atoms with Gasteiger partial charge in [0.15, 0.2) is 0 Å². The van der Waals surface area contributed by atoms with Crippen molar-refractivity contribution in [3.8, 4) is 0 Å². The average Bonchev–Trinajstić information content (AvgIpc) is 2.58. The summed E-state index contributed by atoms with van der Waals surface area (Å²) in [6, 6.07) is 0. The number of hydrogen-bond donors (Lipinski definition) is 1. The molecular formula is C20H32O5. The van der Waals surface area contributed by atoms with Crippen LogP contribution in [0.1, 0.15) is 84.0 Å². The predicted octanol–water partition coefficient (Wildman–Crippen LogP) is 4.95. The maximum Gasteiger partial charge on any atom is 0.424 e. The van der Waals surface area contributed by atoms with Gasteiger partial charge in [-0.1, -0.05) is 63.3 Å². The Bertz CT molecular complexity index is 437. The van der Waals surface area contributed by atoms with E-state index in [-0.39, 0.29) is 6.42 Å². The number of carboxylic acid groups (broad SMARTS) is 1. The molecule has 0 saturated carbocycles. The molecule has 0 aliphatic rings. The lowest BCUT2D eigenvalue weighted by Crippen LogP contribution is -2.20. The molecule has 0 rings (SSSR count). The smallest absolute Gasteiger partial charge is 0.424 e. The zero-order valence-electron chi connectivity index (χ0n) is 15.4. The number of ether oxygens (including phenoxy) is 1. The first kappa shape index (κ1) is 23.1. The minimum Gasteiger partial charge on any atom is -0.473 e. The summed E-state index contributed by atoms with van der Waals surface area (Å²) in [6.07, 6.45) is 20.8. The molecule has 1 N–H and O–H groups in total. The van der Waals surface area contributed by atoms with E-state index in [1.165, 1.54) is 25.7 Å². The van der Waals surface area contributed by atoms with Crippen LogP contribution in [-0.2, 0) is 19.1 Å². The van der Waals surface area contributed by atoms with Crippen molar-refractivity contribution in [2.24, 2.45) is 0 Å². The largest absolute Gasteiger partial charge is 0.473 e. The number of carbonyl (C=O) groups excluding carboxylic acids is 2. The van der Waals surface area contributed by atoms with Gasteiger partial charge >= 0.3 is 17.9 Å². The second-order valence-electron chi connectivity index (χ2n) is 6.05. The summed E-state index contributed by atoms with van der Waals surface area (Å²) in [5.74, 6) is -4.01. The Labute approximate surface area is 151 Å². The average molecular weight is 352 g/mol. The summed E-state index contributed by atoms with van der Waals surface area (Å²) in [7, 11) is 0. The van der Waals surface area contributed by atoms with Crippen molar-refractivity contribution >= 4 is 17.9 Å². The lowest BCUT2D eigenvalue weighted by molar-refractivity contribution is -0.170. The fraction of sp³-hybridized carbons (Fsp3) is 0.650. The summed E-state index contributed by atoms with van der Waals surface area (Å²) in [5, 5.41) is 8.30. The van der Waals surface area contributed by atoms with Gasteiger partial charge in [-0.3, -0.25) is 4.79 Å². The first-order valence-electron chi connectivity index (χ1n) is 9.35. The molecule has 0 aromatic heterocycles. The molecule has 0 heterocycles. The highest BCUT2D eigenvalue weighted by Crippen LogP contribution is 2.08. The van der Waals surface area contributed by atoms with E-state index < -0.39 is 17.9 Å². The van der Waals surface area contributed by atoms with Gasteiger partial charge in [-0.15, -0.1) is 0 Å². The Morgan fingerprint density at radius 3 is 1.96 bits per heavy atom. The summed E-state index contributed by atoms with van der Waals surface area (Å²) in [5.41, 5.74) is 0. The highest BCUT2D eigenvalue weighted by atomic mass is 16.6. The van der Waals surface area contributed by atoms with Gasteiger partial charge in [0.2, 0.25) is 0 Å². The van der Waals surface area contributed by atoms with Crippen LogP contribution in [-0.4, -0.2) is 23.0 Å². The van der Waals surface area contributed by atoms with Crippen molar-refractivity contribution in [2.45, 2.75) is 84.0 Å². The fourth-order valence-electron chi connectivity index (χ4n) is 2.28. The van der Waals surface area contributed by atoms with Crippen LogP contribution in [0.2, 0.25) is 0 Å². The standard InChI is InChI=1S/C20H32O5/c1-2-3-4-5-6-7-8-9-10-11-12-13-14-15-16-17-18(21)25-20(24)19(22)23/h6-7,9-10H,2-5,8,11-17H2,1H3,(H,22,23)/b7-6-,10-9-. The normalized spacial score (nSPS) is 11.2. The molecule has 0 saturated heterocycles. The first-order valence-corrected chi connectivity index (χ1v) is 9.35. The van der Waals surface area contributed by atoms with Crippen LogP contribution in [0.15, 0.2) is 24.3 Å². The molecule has 142 valence electrons. The SMILES string of the molecule is CCCCC/C=C\C/C=C\CCCCCCCC(=O)OC(=O)C(=O)O. The number of hydrogen-bond acceptors (Lipinski definition) is 4. The van der Waals surface area contributed by atoms with Crippen molar-refractivity contribution in [2.75, 3.05) is 0 Å².